The van der Waals surface area contributed by atoms with E-state index in [0.29, 0.717) is 22.1 Å². The van der Waals surface area contributed by atoms with E-state index in [1.54, 1.807) is 16.7 Å². The Morgan fingerprint density at radius 3 is 2.68 bits per heavy atom. The number of rotatable bonds is 2. The summed E-state index contributed by atoms with van der Waals surface area (Å²) in [6, 6.07) is 11.6. The minimum absolute atomic E-state index is 0.212. The second-order valence-electron chi connectivity index (χ2n) is 4.73. The van der Waals surface area contributed by atoms with Crippen molar-refractivity contribution in [3.63, 3.8) is 0 Å². The monoisotopic (exact) mass is 315 g/mol. The molecule has 3 aromatic rings. The van der Waals surface area contributed by atoms with E-state index in [0.717, 1.165) is 11.3 Å². The van der Waals surface area contributed by atoms with Crippen molar-refractivity contribution >= 4 is 12.2 Å². The summed E-state index contributed by atoms with van der Waals surface area (Å²) in [5.41, 5.74) is 1.55. The minimum Gasteiger partial charge on any atom is -0.454 e. The molecule has 22 heavy (non-hydrogen) atoms. The molecule has 5 nitrogen and oxygen atoms in total. The van der Waals surface area contributed by atoms with Gasteiger partial charge in [0.1, 0.15) is 5.82 Å². The normalized spacial score (nSPS) is 12.6. The van der Waals surface area contributed by atoms with Gasteiger partial charge in [0.2, 0.25) is 6.79 Å². The number of nitrogens with one attached hydrogen (secondary N) is 1. The molecule has 0 amide bonds. The highest BCUT2D eigenvalue weighted by Gasteiger charge is 2.17. The van der Waals surface area contributed by atoms with Crippen molar-refractivity contribution in [1.29, 1.82) is 0 Å². The summed E-state index contributed by atoms with van der Waals surface area (Å²) in [6.07, 6.45) is 0. The Balaban J connectivity index is 1.87. The molecule has 0 bridgehead atoms. The second kappa shape index (κ2) is 4.96. The van der Waals surface area contributed by atoms with E-state index in [1.807, 2.05) is 18.2 Å². The zero-order valence-electron chi connectivity index (χ0n) is 11.2. The van der Waals surface area contributed by atoms with Crippen LogP contribution in [0.2, 0.25) is 0 Å². The molecule has 0 aliphatic carbocycles. The molecule has 0 spiro atoms. The van der Waals surface area contributed by atoms with E-state index in [1.165, 1.54) is 12.1 Å². The molecule has 1 aliphatic rings. The van der Waals surface area contributed by atoms with Gasteiger partial charge in [-0.2, -0.15) is 5.10 Å². The van der Waals surface area contributed by atoms with Crippen LogP contribution in [0.25, 0.3) is 17.1 Å². The van der Waals surface area contributed by atoms with Crippen molar-refractivity contribution in [2.75, 3.05) is 6.79 Å². The first-order chi connectivity index (χ1) is 10.7. The van der Waals surface area contributed by atoms with Crippen LogP contribution < -0.4 is 9.47 Å². The smallest absolute Gasteiger partial charge is 0.231 e. The van der Waals surface area contributed by atoms with Crippen molar-refractivity contribution in [1.82, 2.24) is 14.8 Å². The van der Waals surface area contributed by atoms with Gasteiger partial charge in [0, 0.05) is 5.56 Å². The number of benzene rings is 2. The van der Waals surface area contributed by atoms with Gasteiger partial charge < -0.3 is 9.47 Å². The zero-order chi connectivity index (χ0) is 15.1. The maximum absolute atomic E-state index is 13.1. The van der Waals surface area contributed by atoms with Crippen LogP contribution in [0, 0.1) is 10.6 Å². The van der Waals surface area contributed by atoms with Crippen molar-refractivity contribution in [3.8, 4) is 28.6 Å². The summed E-state index contributed by atoms with van der Waals surface area (Å²) < 4.78 is 26.0. The first-order valence-electron chi connectivity index (χ1n) is 6.56. The van der Waals surface area contributed by atoms with Crippen LogP contribution in [-0.4, -0.2) is 21.6 Å². The maximum atomic E-state index is 13.1. The number of H-pyrrole nitrogens is 1. The highest BCUT2D eigenvalue weighted by atomic mass is 32.1. The molecule has 1 aliphatic heterocycles. The van der Waals surface area contributed by atoms with Gasteiger partial charge in [0.05, 0.1) is 5.69 Å². The number of aromatic amines is 1. The van der Waals surface area contributed by atoms with E-state index < -0.39 is 0 Å². The molecule has 0 radical (unpaired) electrons. The Morgan fingerprint density at radius 1 is 1.09 bits per heavy atom. The van der Waals surface area contributed by atoms with Gasteiger partial charge in [-0.25, -0.2) is 4.39 Å². The molecule has 1 aromatic heterocycles. The summed E-state index contributed by atoms with van der Waals surface area (Å²) in [6.45, 7) is 0.212. The summed E-state index contributed by atoms with van der Waals surface area (Å²) in [5, 5.41) is 7.03. The van der Waals surface area contributed by atoms with Crippen LogP contribution in [0.1, 0.15) is 0 Å². The highest BCUT2D eigenvalue weighted by Crippen LogP contribution is 2.35. The van der Waals surface area contributed by atoms with Crippen molar-refractivity contribution < 1.29 is 13.9 Å². The Kier molecular flexibility index (Phi) is 2.93. The third-order valence-corrected chi connectivity index (χ3v) is 3.66. The van der Waals surface area contributed by atoms with Gasteiger partial charge in [-0.05, 0) is 54.7 Å². The molecule has 0 saturated heterocycles. The minimum atomic E-state index is -0.302. The van der Waals surface area contributed by atoms with Gasteiger partial charge in [0.25, 0.3) is 0 Å². The first-order valence-corrected chi connectivity index (χ1v) is 6.96. The molecule has 2 heterocycles. The number of nitrogens with zero attached hydrogens (tertiary/aromatic N) is 2. The fourth-order valence-corrected chi connectivity index (χ4v) is 2.59. The molecular formula is C15H10FN3O2S. The van der Waals surface area contributed by atoms with Crippen LogP contribution in [-0.2, 0) is 0 Å². The lowest BCUT2D eigenvalue weighted by atomic mass is 10.2. The molecule has 0 saturated carbocycles. The summed E-state index contributed by atoms with van der Waals surface area (Å²) in [7, 11) is 0. The zero-order valence-corrected chi connectivity index (χ0v) is 12.1. The number of aromatic nitrogens is 3. The number of halogens is 1. The Bertz CT molecular complexity index is 902. The van der Waals surface area contributed by atoms with Crippen molar-refractivity contribution in [3.05, 3.63) is 53.1 Å². The predicted molar refractivity (Wildman–Crippen MR) is 80.3 cm³/mol. The molecule has 0 unspecified atom stereocenters. The molecular weight excluding hydrogens is 305 g/mol. The highest BCUT2D eigenvalue weighted by molar-refractivity contribution is 7.71. The van der Waals surface area contributed by atoms with Crippen LogP contribution in [0.4, 0.5) is 4.39 Å². The molecule has 4 rings (SSSR count). The largest absolute Gasteiger partial charge is 0.454 e. The third kappa shape index (κ3) is 2.06. The molecule has 1 N–H and O–H groups in total. The van der Waals surface area contributed by atoms with Crippen molar-refractivity contribution in [2.45, 2.75) is 0 Å². The summed E-state index contributed by atoms with van der Waals surface area (Å²) in [4.78, 5) is 0. The van der Waals surface area contributed by atoms with Gasteiger partial charge in [0.15, 0.2) is 22.1 Å². The maximum Gasteiger partial charge on any atom is 0.231 e. The summed E-state index contributed by atoms with van der Waals surface area (Å²) in [5.74, 6) is 1.68. The Morgan fingerprint density at radius 2 is 1.86 bits per heavy atom. The van der Waals surface area contributed by atoms with Gasteiger partial charge >= 0.3 is 0 Å². The van der Waals surface area contributed by atoms with E-state index in [9.17, 15) is 4.39 Å². The fraction of sp³-hybridized carbons (Fsp3) is 0.0667. The average molecular weight is 315 g/mol. The third-order valence-electron chi connectivity index (χ3n) is 3.39. The van der Waals surface area contributed by atoms with E-state index >= 15 is 0 Å². The quantitative estimate of drug-likeness (QED) is 0.736. The lowest BCUT2D eigenvalue weighted by molar-refractivity contribution is 0.174. The molecule has 0 atom stereocenters. The Hall–Kier alpha value is -2.67. The first kappa shape index (κ1) is 13.0. The van der Waals surface area contributed by atoms with E-state index in [-0.39, 0.29) is 12.6 Å². The summed E-state index contributed by atoms with van der Waals surface area (Å²) >= 11 is 5.28. The molecule has 0 fully saturated rings. The van der Waals surface area contributed by atoms with E-state index in [2.05, 4.69) is 10.2 Å². The average Bonchev–Trinajstić information content (AvgIpc) is 3.14. The van der Waals surface area contributed by atoms with Gasteiger partial charge in [-0.3, -0.25) is 9.67 Å². The number of hydrogen-bond donors (Lipinski definition) is 1. The lowest BCUT2D eigenvalue weighted by Gasteiger charge is -2.07. The predicted octanol–water partition coefficient (Wildman–Crippen LogP) is 3.46. The van der Waals surface area contributed by atoms with E-state index in [4.69, 9.17) is 21.7 Å². The van der Waals surface area contributed by atoms with Crippen LogP contribution in [0.5, 0.6) is 11.5 Å². The standard InChI is InChI=1S/C15H10FN3O2S/c16-10-2-4-11(5-3-10)19-14(17-18-15(19)22)9-1-6-12-13(7-9)21-8-20-12/h1-7H,8H2,(H,18,22). The van der Waals surface area contributed by atoms with Gasteiger partial charge in [-0.1, -0.05) is 0 Å². The SMILES string of the molecule is Fc1ccc(-n2c(-c3ccc4c(c3)OCO4)n[nH]c2=S)cc1. The van der Waals surface area contributed by atoms with Crippen LogP contribution in [0.3, 0.4) is 0 Å². The molecule has 7 heteroatoms. The Labute approximate surface area is 129 Å². The molecule has 2 aromatic carbocycles. The second-order valence-corrected chi connectivity index (χ2v) is 5.12. The van der Waals surface area contributed by atoms with Crippen LogP contribution in [0.15, 0.2) is 42.5 Å². The number of fused-ring (bicyclic) bond motifs is 1. The van der Waals surface area contributed by atoms with Gasteiger partial charge in [-0.15, -0.1) is 0 Å². The lowest BCUT2D eigenvalue weighted by Crippen LogP contribution is -1.98. The number of ether oxygens (including phenoxy) is 2. The van der Waals surface area contributed by atoms with Crippen molar-refractivity contribution in [2.24, 2.45) is 0 Å². The fourth-order valence-electron chi connectivity index (χ4n) is 2.36. The number of hydrogen-bond acceptors (Lipinski definition) is 4. The van der Waals surface area contributed by atoms with Crippen LogP contribution >= 0.6 is 12.2 Å². The molecule has 110 valence electrons. The topological polar surface area (TPSA) is 52.1 Å².